The zero-order chi connectivity index (χ0) is 18.5. The summed E-state index contributed by atoms with van der Waals surface area (Å²) in [6.45, 7) is 5.01. The fraction of sp³-hybridized carbons (Fsp3) is 0.778. The number of urea groups is 1. The van der Waals surface area contributed by atoms with Gasteiger partial charge in [-0.25, -0.2) is 4.79 Å². The molecule has 142 valence electrons. The number of fused-ring (bicyclic) bond motifs is 1. The molecule has 0 saturated carbocycles. The van der Waals surface area contributed by atoms with Crippen molar-refractivity contribution in [1.29, 1.82) is 0 Å². The van der Waals surface area contributed by atoms with Crippen LogP contribution in [0.3, 0.4) is 0 Å². The second-order valence-corrected chi connectivity index (χ2v) is 8.01. The summed E-state index contributed by atoms with van der Waals surface area (Å²) in [4.78, 5) is 55.5. The Morgan fingerprint density at radius 3 is 2.46 bits per heavy atom. The quantitative estimate of drug-likeness (QED) is 0.675. The van der Waals surface area contributed by atoms with E-state index in [-0.39, 0.29) is 41.8 Å². The zero-order valence-electron chi connectivity index (χ0n) is 15.3. The lowest BCUT2D eigenvalue weighted by Crippen LogP contribution is -2.48. The van der Waals surface area contributed by atoms with Crippen LogP contribution >= 0.6 is 0 Å². The minimum absolute atomic E-state index is 0.0120. The summed E-state index contributed by atoms with van der Waals surface area (Å²) < 4.78 is 0. The number of hydrogen-bond acceptors (Lipinski definition) is 4. The van der Waals surface area contributed by atoms with Gasteiger partial charge in [-0.2, -0.15) is 0 Å². The van der Waals surface area contributed by atoms with Gasteiger partial charge in [0, 0.05) is 39.1 Å². The summed E-state index contributed by atoms with van der Waals surface area (Å²) in [5.41, 5.74) is -0.0456. The molecule has 4 rings (SSSR count). The molecular weight excluding hydrogens is 336 g/mol. The molecule has 4 aliphatic heterocycles. The molecule has 5 amide bonds. The Labute approximate surface area is 153 Å². The smallest absolute Gasteiger partial charge is 0.327 e. The highest BCUT2D eigenvalue weighted by Gasteiger charge is 2.56. The Morgan fingerprint density at radius 2 is 1.88 bits per heavy atom. The first kappa shape index (κ1) is 17.3. The molecule has 8 nitrogen and oxygen atoms in total. The van der Waals surface area contributed by atoms with Gasteiger partial charge in [0.1, 0.15) is 6.04 Å². The molecule has 0 aromatic heterocycles. The van der Waals surface area contributed by atoms with Crippen molar-refractivity contribution in [3.8, 4) is 0 Å². The van der Waals surface area contributed by atoms with E-state index in [1.807, 2.05) is 11.8 Å². The van der Waals surface area contributed by atoms with E-state index >= 15 is 0 Å². The van der Waals surface area contributed by atoms with Crippen LogP contribution in [0.4, 0.5) is 4.79 Å². The first-order valence-electron chi connectivity index (χ1n) is 9.62. The molecule has 4 fully saturated rings. The van der Waals surface area contributed by atoms with E-state index in [9.17, 15) is 19.2 Å². The van der Waals surface area contributed by atoms with E-state index < -0.39 is 0 Å². The van der Waals surface area contributed by atoms with Crippen molar-refractivity contribution < 1.29 is 19.2 Å². The number of imide groups is 1. The van der Waals surface area contributed by atoms with Crippen LogP contribution in [0.5, 0.6) is 0 Å². The maximum absolute atomic E-state index is 12.5. The first-order chi connectivity index (χ1) is 12.4. The summed E-state index contributed by atoms with van der Waals surface area (Å²) in [5, 5.41) is 0. The van der Waals surface area contributed by atoms with Crippen LogP contribution in [-0.4, -0.2) is 88.7 Å². The molecule has 8 heteroatoms. The number of likely N-dealkylation sites (tertiary alicyclic amines) is 2. The highest BCUT2D eigenvalue weighted by atomic mass is 16.2. The Morgan fingerprint density at radius 1 is 1.15 bits per heavy atom. The van der Waals surface area contributed by atoms with E-state index in [2.05, 4.69) is 0 Å². The van der Waals surface area contributed by atoms with Crippen molar-refractivity contribution >= 4 is 23.8 Å². The van der Waals surface area contributed by atoms with Gasteiger partial charge in [-0.15, -0.1) is 0 Å². The molecule has 4 saturated heterocycles. The number of likely N-dealkylation sites (N-methyl/N-ethyl adjacent to an activating group) is 1. The van der Waals surface area contributed by atoms with Gasteiger partial charge in [-0.05, 0) is 38.0 Å². The van der Waals surface area contributed by atoms with Crippen LogP contribution in [-0.2, 0) is 14.4 Å². The number of carbonyl (C=O) groups is 4. The van der Waals surface area contributed by atoms with Crippen molar-refractivity contribution in [2.24, 2.45) is 5.41 Å². The highest BCUT2D eigenvalue weighted by molar-refractivity contribution is 6.04. The van der Waals surface area contributed by atoms with E-state index in [1.165, 1.54) is 4.90 Å². The maximum Gasteiger partial charge on any atom is 0.327 e. The maximum atomic E-state index is 12.5. The van der Waals surface area contributed by atoms with Crippen LogP contribution in [0.15, 0.2) is 0 Å². The third-order valence-corrected chi connectivity index (χ3v) is 6.53. The van der Waals surface area contributed by atoms with E-state index in [0.717, 1.165) is 19.3 Å². The van der Waals surface area contributed by atoms with Gasteiger partial charge in [0.2, 0.25) is 11.8 Å². The number of rotatable bonds is 3. The lowest BCUT2D eigenvalue weighted by Gasteiger charge is -2.40. The van der Waals surface area contributed by atoms with Crippen LogP contribution in [0, 0.1) is 5.41 Å². The number of piperidine rings is 1. The van der Waals surface area contributed by atoms with Crippen LogP contribution in [0.1, 0.15) is 39.0 Å². The van der Waals surface area contributed by atoms with E-state index in [4.69, 9.17) is 0 Å². The molecule has 1 unspecified atom stereocenters. The molecule has 0 aromatic carbocycles. The molecule has 1 atom stereocenters. The second kappa shape index (κ2) is 6.25. The summed E-state index contributed by atoms with van der Waals surface area (Å²) in [5.74, 6) is 0.0130. The SMILES string of the molecule is CCN1C(=O)C2CC3(CCN(C(=O)CN4CCCC4=O)CC3)CN2C1=O. The topological polar surface area (TPSA) is 81.2 Å². The second-order valence-electron chi connectivity index (χ2n) is 8.01. The molecule has 4 aliphatic rings. The molecule has 0 N–H and O–H groups in total. The van der Waals surface area contributed by atoms with E-state index in [0.29, 0.717) is 45.6 Å². The molecule has 0 bridgehead atoms. The van der Waals surface area contributed by atoms with Gasteiger partial charge in [0.25, 0.3) is 5.91 Å². The van der Waals surface area contributed by atoms with Crippen molar-refractivity contribution in [2.75, 3.05) is 39.3 Å². The molecule has 0 aromatic rings. The van der Waals surface area contributed by atoms with Crippen molar-refractivity contribution in [1.82, 2.24) is 19.6 Å². The summed E-state index contributed by atoms with van der Waals surface area (Å²) in [7, 11) is 0. The number of hydrogen-bond donors (Lipinski definition) is 0. The normalized spacial score (nSPS) is 27.9. The molecule has 1 spiro atoms. The Kier molecular flexibility index (Phi) is 4.16. The third kappa shape index (κ3) is 2.66. The Balaban J connectivity index is 1.34. The van der Waals surface area contributed by atoms with E-state index in [1.54, 1.807) is 9.80 Å². The molecule has 0 aliphatic carbocycles. The van der Waals surface area contributed by atoms with Gasteiger partial charge in [0.15, 0.2) is 0 Å². The monoisotopic (exact) mass is 362 g/mol. The fourth-order valence-corrected chi connectivity index (χ4v) is 4.93. The summed E-state index contributed by atoms with van der Waals surface area (Å²) in [6.07, 6.45) is 3.72. The van der Waals surface area contributed by atoms with Gasteiger partial charge in [0.05, 0.1) is 6.54 Å². The minimum atomic E-state index is -0.313. The van der Waals surface area contributed by atoms with Gasteiger partial charge < -0.3 is 14.7 Å². The molecule has 4 heterocycles. The third-order valence-electron chi connectivity index (χ3n) is 6.53. The predicted octanol–water partition coefficient (Wildman–Crippen LogP) is 0.274. The lowest BCUT2D eigenvalue weighted by atomic mass is 9.76. The first-order valence-corrected chi connectivity index (χ1v) is 9.62. The number of amides is 5. The van der Waals surface area contributed by atoms with Crippen LogP contribution < -0.4 is 0 Å². The van der Waals surface area contributed by atoms with Crippen molar-refractivity contribution in [3.05, 3.63) is 0 Å². The zero-order valence-corrected chi connectivity index (χ0v) is 15.3. The Hall–Kier alpha value is -2.12. The van der Waals surface area contributed by atoms with Crippen molar-refractivity contribution in [2.45, 2.75) is 45.1 Å². The highest BCUT2D eigenvalue weighted by Crippen LogP contribution is 2.46. The van der Waals surface area contributed by atoms with Crippen LogP contribution in [0.25, 0.3) is 0 Å². The fourth-order valence-electron chi connectivity index (χ4n) is 4.93. The largest absolute Gasteiger partial charge is 0.341 e. The average Bonchev–Trinajstić information content (AvgIpc) is 3.25. The number of carbonyl (C=O) groups excluding carboxylic acids is 4. The summed E-state index contributed by atoms with van der Waals surface area (Å²) in [6, 6.07) is -0.475. The lowest BCUT2D eigenvalue weighted by molar-refractivity contribution is -0.140. The van der Waals surface area contributed by atoms with Crippen LogP contribution in [0.2, 0.25) is 0 Å². The number of nitrogens with zero attached hydrogens (tertiary/aromatic N) is 4. The van der Waals surface area contributed by atoms with Crippen molar-refractivity contribution in [3.63, 3.8) is 0 Å². The Bertz CT molecular complexity index is 630. The van der Waals surface area contributed by atoms with Gasteiger partial charge >= 0.3 is 6.03 Å². The summed E-state index contributed by atoms with van der Waals surface area (Å²) >= 11 is 0. The minimum Gasteiger partial charge on any atom is -0.341 e. The molecule has 26 heavy (non-hydrogen) atoms. The molecular formula is C18H26N4O4. The van der Waals surface area contributed by atoms with Gasteiger partial charge in [-0.1, -0.05) is 0 Å². The van der Waals surface area contributed by atoms with Gasteiger partial charge in [-0.3, -0.25) is 19.3 Å². The molecule has 0 radical (unpaired) electrons. The standard InChI is InChI=1S/C18H26N4O4/c1-2-21-16(25)13-10-18(12-22(13)17(21)26)5-8-19(9-6-18)15(24)11-20-7-3-4-14(20)23/h13H,2-12H2,1H3. The average molecular weight is 362 g/mol. The predicted molar refractivity (Wildman–Crippen MR) is 92.0 cm³/mol.